The van der Waals surface area contributed by atoms with Gasteiger partial charge >= 0.3 is 0 Å². The molecule has 0 radical (unpaired) electrons. The maximum Gasteiger partial charge on any atom is 0.233 e. The number of carbonyl (C=O) groups is 3. The van der Waals surface area contributed by atoms with Crippen LogP contribution >= 0.6 is 11.6 Å². The summed E-state index contributed by atoms with van der Waals surface area (Å²) in [6.07, 6.45) is 5.17. The molecule has 2 aliphatic rings. The Bertz CT molecular complexity index is 703. The molecule has 3 amide bonds. The summed E-state index contributed by atoms with van der Waals surface area (Å²) in [6, 6.07) is 5.36. The van der Waals surface area contributed by atoms with Gasteiger partial charge in [0.1, 0.15) is 0 Å². The van der Waals surface area contributed by atoms with Gasteiger partial charge in [0.25, 0.3) is 0 Å². The summed E-state index contributed by atoms with van der Waals surface area (Å²) in [5, 5.41) is 3.19. The number of benzene rings is 1. The first-order valence-corrected chi connectivity index (χ1v) is 8.41. The average Bonchev–Trinajstić information content (AvgIpc) is 2.80. The van der Waals surface area contributed by atoms with Crippen LogP contribution in [0.4, 0.5) is 5.69 Å². The number of amides is 3. The predicted molar refractivity (Wildman–Crippen MR) is 91.5 cm³/mol. The van der Waals surface area contributed by atoms with E-state index in [0.717, 1.165) is 5.56 Å². The lowest BCUT2D eigenvalue weighted by atomic mass is 9.85. The summed E-state index contributed by atoms with van der Waals surface area (Å²) in [6.45, 7) is 2.02. The number of halogens is 1. The van der Waals surface area contributed by atoms with Crippen LogP contribution in [0, 0.1) is 18.8 Å². The minimum atomic E-state index is -0.269. The molecule has 6 heteroatoms. The molecule has 1 N–H and O–H groups in total. The molecule has 0 saturated carbocycles. The number of rotatable bonds is 4. The number of imide groups is 1. The number of likely N-dealkylation sites (tertiary alicyclic amines) is 1. The van der Waals surface area contributed by atoms with Crippen molar-refractivity contribution in [2.24, 2.45) is 11.8 Å². The third-order valence-electron chi connectivity index (χ3n) is 4.56. The zero-order valence-corrected chi connectivity index (χ0v) is 14.2. The van der Waals surface area contributed by atoms with Crippen molar-refractivity contribution in [3.05, 3.63) is 40.9 Å². The number of nitrogens with one attached hydrogen (secondary N) is 1. The minimum absolute atomic E-state index is 0.0640. The third-order valence-corrected chi connectivity index (χ3v) is 4.87. The van der Waals surface area contributed by atoms with E-state index in [4.69, 9.17) is 11.6 Å². The average molecular weight is 347 g/mol. The lowest BCUT2D eigenvalue weighted by molar-refractivity contribution is -0.140. The van der Waals surface area contributed by atoms with Crippen LogP contribution in [0.3, 0.4) is 0 Å². The van der Waals surface area contributed by atoms with Gasteiger partial charge in [0.05, 0.1) is 22.5 Å². The fraction of sp³-hybridized carbons (Fsp3) is 0.389. The fourth-order valence-corrected chi connectivity index (χ4v) is 3.52. The van der Waals surface area contributed by atoms with E-state index in [-0.39, 0.29) is 42.5 Å². The molecule has 5 nitrogen and oxygen atoms in total. The molecule has 0 bridgehead atoms. The first kappa shape index (κ1) is 16.7. The third kappa shape index (κ3) is 3.22. The molecule has 24 heavy (non-hydrogen) atoms. The lowest BCUT2D eigenvalue weighted by Crippen LogP contribution is -2.34. The van der Waals surface area contributed by atoms with Gasteiger partial charge in [-0.1, -0.05) is 29.8 Å². The Balaban J connectivity index is 1.58. The highest BCUT2D eigenvalue weighted by Gasteiger charge is 2.46. The second-order valence-corrected chi connectivity index (χ2v) is 6.67. The molecule has 3 rings (SSSR count). The van der Waals surface area contributed by atoms with Gasteiger partial charge in [-0.2, -0.15) is 0 Å². The van der Waals surface area contributed by atoms with E-state index in [1.54, 1.807) is 12.1 Å². The number of fused-ring (bicyclic) bond motifs is 1. The topological polar surface area (TPSA) is 66.5 Å². The van der Waals surface area contributed by atoms with E-state index in [9.17, 15) is 14.4 Å². The molecule has 1 aromatic carbocycles. The van der Waals surface area contributed by atoms with E-state index in [1.165, 1.54) is 4.90 Å². The Morgan fingerprint density at radius 1 is 1.21 bits per heavy atom. The van der Waals surface area contributed by atoms with Gasteiger partial charge in [-0.15, -0.1) is 0 Å². The fourth-order valence-electron chi connectivity index (χ4n) is 3.24. The predicted octanol–water partition coefficient (Wildman–Crippen LogP) is 2.93. The van der Waals surface area contributed by atoms with Crippen molar-refractivity contribution in [2.45, 2.75) is 26.2 Å². The molecule has 0 unspecified atom stereocenters. The molecule has 1 heterocycles. The molecule has 1 aromatic rings. The summed E-state index contributed by atoms with van der Waals surface area (Å²) >= 11 is 6.09. The van der Waals surface area contributed by atoms with E-state index >= 15 is 0 Å². The van der Waals surface area contributed by atoms with Crippen LogP contribution in [0.25, 0.3) is 0 Å². The van der Waals surface area contributed by atoms with Gasteiger partial charge in [0.2, 0.25) is 17.7 Å². The lowest BCUT2D eigenvalue weighted by Gasteiger charge is -2.14. The second kappa shape index (κ2) is 6.77. The van der Waals surface area contributed by atoms with Crippen LogP contribution in [0.2, 0.25) is 5.02 Å². The van der Waals surface area contributed by atoms with Crippen molar-refractivity contribution in [3.8, 4) is 0 Å². The Morgan fingerprint density at radius 2 is 1.83 bits per heavy atom. The first-order chi connectivity index (χ1) is 11.5. The summed E-state index contributed by atoms with van der Waals surface area (Å²) in [5.41, 5.74) is 1.53. The summed E-state index contributed by atoms with van der Waals surface area (Å²) in [4.78, 5) is 38.0. The number of aryl methyl sites for hydroxylation is 1. The molecule has 1 fully saturated rings. The molecule has 2 atom stereocenters. The maximum absolute atomic E-state index is 12.3. The first-order valence-electron chi connectivity index (χ1n) is 8.03. The largest absolute Gasteiger partial charge is 0.325 e. The number of anilines is 1. The highest BCUT2D eigenvalue weighted by Crippen LogP contribution is 2.35. The molecular weight excluding hydrogens is 328 g/mol. The molecule has 1 aliphatic heterocycles. The highest BCUT2D eigenvalue weighted by molar-refractivity contribution is 6.33. The van der Waals surface area contributed by atoms with Gasteiger partial charge in [-0.3, -0.25) is 19.3 Å². The van der Waals surface area contributed by atoms with Crippen LogP contribution in [-0.2, 0) is 14.4 Å². The Kier molecular flexibility index (Phi) is 4.71. The van der Waals surface area contributed by atoms with Crippen molar-refractivity contribution in [2.75, 3.05) is 11.9 Å². The SMILES string of the molecule is Cc1ccc(NC(=O)CCN2C(=O)[C@H]3CC=CC[C@H]3C2=O)c(Cl)c1. The van der Waals surface area contributed by atoms with Crippen molar-refractivity contribution >= 4 is 35.0 Å². The van der Waals surface area contributed by atoms with Gasteiger partial charge in [0.15, 0.2) is 0 Å². The van der Waals surface area contributed by atoms with Crippen molar-refractivity contribution in [1.29, 1.82) is 0 Å². The van der Waals surface area contributed by atoms with Crippen molar-refractivity contribution in [1.82, 2.24) is 4.90 Å². The molecular formula is C18H19ClN2O3. The summed E-state index contributed by atoms with van der Waals surface area (Å²) in [7, 11) is 0. The van der Waals surface area contributed by atoms with E-state index in [1.807, 2.05) is 25.1 Å². The maximum atomic E-state index is 12.3. The van der Waals surface area contributed by atoms with Crippen LogP contribution in [0.15, 0.2) is 30.4 Å². The smallest absolute Gasteiger partial charge is 0.233 e. The van der Waals surface area contributed by atoms with Crippen molar-refractivity contribution in [3.63, 3.8) is 0 Å². The number of hydrogen-bond acceptors (Lipinski definition) is 3. The van der Waals surface area contributed by atoms with E-state index in [2.05, 4.69) is 5.32 Å². The monoisotopic (exact) mass is 346 g/mol. The van der Waals surface area contributed by atoms with Crippen molar-refractivity contribution < 1.29 is 14.4 Å². The van der Waals surface area contributed by atoms with Crippen LogP contribution < -0.4 is 5.32 Å². The normalized spacial score (nSPS) is 22.7. The zero-order valence-electron chi connectivity index (χ0n) is 13.4. The number of nitrogens with zero attached hydrogens (tertiary/aromatic N) is 1. The molecule has 1 aliphatic carbocycles. The second-order valence-electron chi connectivity index (χ2n) is 6.27. The van der Waals surface area contributed by atoms with Gasteiger partial charge in [-0.25, -0.2) is 0 Å². The highest BCUT2D eigenvalue weighted by atomic mass is 35.5. The van der Waals surface area contributed by atoms with E-state index in [0.29, 0.717) is 23.6 Å². The minimum Gasteiger partial charge on any atom is -0.325 e. The van der Waals surface area contributed by atoms with Gasteiger partial charge in [-0.05, 0) is 37.5 Å². The standard InChI is InChI=1S/C18H19ClN2O3/c1-11-6-7-15(14(19)10-11)20-16(22)8-9-21-17(23)12-4-2-3-5-13(12)18(21)24/h2-3,6-7,10,12-13H,4-5,8-9H2,1H3,(H,20,22)/t12-,13+. The molecule has 0 spiro atoms. The number of allylic oxidation sites excluding steroid dienone is 2. The number of hydrogen-bond donors (Lipinski definition) is 1. The quantitative estimate of drug-likeness (QED) is 0.673. The Morgan fingerprint density at radius 3 is 2.42 bits per heavy atom. The number of carbonyl (C=O) groups excluding carboxylic acids is 3. The molecule has 1 saturated heterocycles. The Labute approximate surface area is 145 Å². The zero-order chi connectivity index (χ0) is 17.3. The summed E-state index contributed by atoms with van der Waals surface area (Å²) < 4.78 is 0. The van der Waals surface area contributed by atoms with Crippen LogP contribution in [0.5, 0.6) is 0 Å². The van der Waals surface area contributed by atoms with Gasteiger partial charge in [0, 0.05) is 13.0 Å². The van der Waals surface area contributed by atoms with Crippen LogP contribution in [-0.4, -0.2) is 29.2 Å². The van der Waals surface area contributed by atoms with Gasteiger partial charge < -0.3 is 5.32 Å². The van der Waals surface area contributed by atoms with Crippen LogP contribution in [0.1, 0.15) is 24.8 Å². The van der Waals surface area contributed by atoms with E-state index < -0.39 is 0 Å². The summed E-state index contributed by atoms with van der Waals surface area (Å²) in [5.74, 6) is -1.09. The molecule has 126 valence electrons. The Hall–Kier alpha value is -2.14. The molecule has 0 aromatic heterocycles.